The molecule has 3 rings (SSSR count). The molecule has 1 N–H and O–H groups in total. The highest BCUT2D eigenvalue weighted by molar-refractivity contribution is 5.44. The van der Waals surface area contributed by atoms with E-state index in [1.165, 1.54) is 22.3 Å². The van der Waals surface area contributed by atoms with Gasteiger partial charge in [0.15, 0.2) is 0 Å². The van der Waals surface area contributed by atoms with E-state index in [-0.39, 0.29) is 11.5 Å². The van der Waals surface area contributed by atoms with Gasteiger partial charge in [-0.3, -0.25) is 0 Å². The lowest BCUT2D eigenvalue weighted by Gasteiger charge is -2.28. The summed E-state index contributed by atoms with van der Waals surface area (Å²) in [4.78, 5) is 0. The molecular formula is C21H27NO. The normalized spacial score (nSPS) is 17.7. The highest BCUT2D eigenvalue weighted by Crippen LogP contribution is 2.32. The van der Waals surface area contributed by atoms with Crippen molar-refractivity contribution in [3.63, 3.8) is 0 Å². The molecule has 122 valence electrons. The average molecular weight is 309 g/mol. The molecule has 0 radical (unpaired) electrons. The third kappa shape index (κ3) is 3.42. The summed E-state index contributed by atoms with van der Waals surface area (Å²) in [6, 6.07) is 15.9. The van der Waals surface area contributed by atoms with E-state index in [0.29, 0.717) is 6.61 Å². The van der Waals surface area contributed by atoms with E-state index < -0.39 is 0 Å². The second kappa shape index (κ2) is 6.37. The van der Waals surface area contributed by atoms with Crippen LogP contribution in [0.1, 0.15) is 56.0 Å². The van der Waals surface area contributed by atoms with Gasteiger partial charge in [-0.1, -0.05) is 51.1 Å². The highest BCUT2D eigenvalue weighted by atomic mass is 16.5. The summed E-state index contributed by atoms with van der Waals surface area (Å²) < 4.78 is 5.65. The van der Waals surface area contributed by atoms with Gasteiger partial charge in [-0.25, -0.2) is 0 Å². The molecule has 2 heteroatoms. The molecule has 1 aliphatic rings. The molecule has 2 aromatic carbocycles. The Bertz CT molecular complexity index is 667. The molecule has 0 saturated heterocycles. The van der Waals surface area contributed by atoms with Gasteiger partial charge in [0.2, 0.25) is 0 Å². The van der Waals surface area contributed by atoms with E-state index >= 15 is 0 Å². The first-order chi connectivity index (χ1) is 11.0. The monoisotopic (exact) mass is 309 g/mol. The maximum absolute atomic E-state index is 5.65. The quantitative estimate of drug-likeness (QED) is 0.893. The molecule has 0 bridgehead atoms. The van der Waals surface area contributed by atoms with Crippen LogP contribution < -0.4 is 10.1 Å². The van der Waals surface area contributed by atoms with Crippen LogP contribution >= 0.6 is 0 Å². The number of hydrogen-bond acceptors (Lipinski definition) is 2. The first-order valence-corrected chi connectivity index (χ1v) is 8.58. The van der Waals surface area contributed by atoms with Gasteiger partial charge in [-0.15, -0.1) is 0 Å². The van der Waals surface area contributed by atoms with E-state index in [1.54, 1.807) is 0 Å². The fourth-order valence-corrected chi connectivity index (χ4v) is 3.27. The molecule has 2 nitrogen and oxygen atoms in total. The lowest BCUT2D eigenvalue weighted by Crippen LogP contribution is -2.30. The van der Waals surface area contributed by atoms with Gasteiger partial charge in [0.1, 0.15) is 5.75 Å². The van der Waals surface area contributed by atoms with Gasteiger partial charge in [0.25, 0.3) is 0 Å². The minimum atomic E-state index is 0.197. The van der Waals surface area contributed by atoms with Crippen molar-refractivity contribution in [2.75, 3.05) is 13.2 Å². The molecule has 1 atom stereocenters. The fourth-order valence-electron chi connectivity index (χ4n) is 3.27. The Morgan fingerprint density at radius 1 is 1.09 bits per heavy atom. The summed E-state index contributed by atoms with van der Waals surface area (Å²) >= 11 is 0. The van der Waals surface area contributed by atoms with Gasteiger partial charge in [-0.2, -0.15) is 0 Å². The Kier molecular flexibility index (Phi) is 4.45. The Hall–Kier alpha value is -1.80. The van der Waals surface area contributed by atoms with Crippen molar-refractivity contribution >= 4 is 0 Å². The number of benzene rings is 2. The van der Waals surface area contributed by atoms with Crippen LogP contribution in [-0.4, -0.2) is 13.2 Å². The highest BCUT2D eigenvalue weighted by Gasteiger charge is 2.22. The van der Waals surface area contributed by atoms with E-state index in [4.69, 9.17) is 4.74 Å². The van der Waals surface area contributed by atoms with Crippen LogP contribution in [0.3, 0.4) is 0 Å². The molecule has 0 amide bonds. The Balaban J connectivity index is 1.91. The molecule has 0 aromatic heterocycles. The number of rotatable bonds is 3. The molecule has 0 spiro atoms. The SMILES string of the molecule is CCOc1ccc2c(c1)CCNC2c1ccc(C(C)(C)C)cc1. The minimum Gasteiger partial charge on any atom is -0.494 e. The minimum absolute atomic E-state index is 0.197. The third-order valence-electron chi connectivity index (χ3n) is 4.59. The zero-order valence-electron chi connectivity index (χ0n) is 14.6. The molecule has 0 aliphatic carbocycles. The molecule has 1 aliphatic heterocycles. The number of fused-ring (bicyclic) bond motifs is 1. The van der Waals surface area contributed by atoms with E-state index in [2.05, 4.69) is 68.6 Å². The second-order valence-corrected chi connectivity index (χ2v) is 7.30. The van der Waals surface area contributed by atoms with Gasteiger partial charge in [0, 0.05) is 6.54 Å². The number of hydrogen-bond donors (Lipinski definition) is 1. The fraction of sp³-hybridized carbons (Fsp3) is 0.429. The van der Waals surface area contributed by atoms with Crippen LogP contribution in [0.5, 0.6) is 5.75 Å². The van der Waals surface area contributed by atoms with Crippen LogP contribution in [0.4, 0.5) is 0 Å². The van der Waals surface area contributed by atoms with E-state index in [1.807, 2.05) is 6.92 Å². The average Bonchev–Trinajstić information content (AvgIpc) is 2.54. The summed E-state index contributed by atoms with van der Waals surface area (Å²) in [5.74, 6) is 0.981. The topological polar surface area (TPSA) is 21.3 Å². The van der Waals surface area contributed by atoms with Crippen LogP contribution in [0.15, 0.2) is 42.5 Å². The van der Waals surface area contributed by atoms with Crippen LogP contribution in [-0.2, 0) is 11.8 Å². The number of ether oxygens (including phenoxy) is 1. The van der Waals surface area contributed by atoms with E-state index in [9.17, 15) is 0 Å². The summed E-state index contributed by atoms with van der Waals surface area (Å²) in [6.45, 7) is 10.5. The van der Waals surface area contributed by atoms with Gasteiger partial charge >= 0.3 is 0 Å². The van der Waals surface area contributed by atoms with Crippen LogP contribution in [0, 0.1) is 0 Å². The summed E-state index contributed by atoms with van der Waals surface area (Å²) in [7, 11) is 0. The maximum atomic E-state index is 5.65. The standard InChI is InChI=1S/C21H27NO/c1-5-23-18-10-11-19-16(14-18)12-13-22-20(19)15-6-8-17(9-7-15)21(2,3)4/h6-11,14,20,22H,5,12-13H2,1-4H3. The molecule has 2 aromatic rings. The second-order valence-electron chi connectivity index (χ2n) is 7.30. The molecule has 0 saturated carbocycles. The van der Waals surface area contributed by atoms with Crippen molar-refractivity contribution in [3.8, 4) is 5.75 Å². The summed E-state index contributed by atoms with van der Waals surface area (Å²) in [5, 5.41) is 3.66. The largest absolute Gasteiger partial charge is 0.494 e. The summed E-state index contributed by atoms with van der Waals surface area (Å²) in [5.41, 5.74) is 5.69. The first-order valence-electron chi connectivity index (χ1n) is 8.58. The van der Waals surface area contributed by atoms with Crippen molar-refractivity contribution in [3.05, 3.63) is 64.7 Å². The van der Waals surface area contributed by atoms with Gasteiger partial charge in [0.05, 0.1) is 12.6 Å². The van der Waals surface area contributed by atoms with Crippen molar-refractivity contribution in [1.82, 2.24) is 5.32 Å². The van der Waals surface area contributed by atoms with Crippen LogP contribution in [0.25, 0.3) is 0 Å². The maximum Gasteiger partial charge on any atom is 0.119 e. The third-order valence-corrected chi connectivity index (χ3v) is 4.59. The molecule has 0 fully saturated rings. The Morgan fingerprint density at radius 2 is 1.83 bits per heavy atom. The van der Waals surface area contributed by atoms with Crippen LogP contribution in [0.2, 0.25) is 0 Å². The smallest absolute Gasteiger partial charge is 0.119 e. The Labute approximate surface area is 139 Å². The number of nitrogens with one attached hydrogen (secondary N) is 1. The molecule has 1 heterocycles. The predicted octanol–water partition coefficient (Wildman–Crippen LogP) is 4.62. The first kappa shape index (κ1) is 16.1. The van der Waals surface area contributed by atoms with Crippen molar-refractivity contribution < 1.29 is 4.74 Å². The van der Waals surface area contributed by atoms with Crippen molar-refractivity contribution in [1.29, 1.82) is 0 Å². The van der Waals surface area contributed by atoms with Gasteiger partial charge < -0.3 is 10.1 Å². The lowest BCUT2D eigenvalue weighted by molar-refractivity contribution is 0.339. The predicted molar refractivity (Wildman–Crippen MR) is 96.3 cm³/mol. The van der Waals surface area contributed by atoms with Gasteiger partial charge in [-0.05, 0) is 53.1 Å². The molecule has 23 heavy (non-hydrogen) atoms. The zero-order valence-corrected chi connectivity index (χ0v) is 14.6. The van der Waals surface area contributed by atoms with Crippen molar-refractivity contribution in [2.24, 2.45) is 0 Å². The van der Waals surface area contributed by atoms with E-state index in [0.717, 1.165) is 18.7 Å². The summed E-state index contributed by atoms with van der Waals surface area (Å²) in [6.07, 6.45) is 1.06. The molecule has 1 unspecified atom stereocenters. The molecular weight excluding hydrogens is 282 g/mol. The zero-order chi connectivity index (χ0) is 16.4. The Morgan fingerprint density at radius 3 is 2.48 bits per heavy atom. The lowest BCUT2D eigenvalue weighted by atomic mass is 9.84. The van der Waals surface area contributed by atoms with Crippen molar-refractivity contribution in [2.45, 2.75) is 45.6 Å².